The highest BCUT2D eigenvalue weighted by molar-refractivity contribution is 7.89. The van der Waals surface area contributed by atoms with Crippen molar-refractivity contribution in [3.63, 3.8) is 0 Å². The maximum absolute atomic E-state index is 14.0. The van der Waals surface area contributed by atoms with E-state index in [4.69, 9.17) is 4.52 Å². The fourth-order valence-corrected chi connectivity index (χ4v) is 6.63. The van der Waals surface area contributed by atoms with Crippen LogP contribution in [0.4, 0.5) is 10.1 Å². The summed E-state index contributed by atoms with van der Waals surface area (Å²) in [6, 6.07) is 14.0. The van der Waals surface area contributed by atoms with Crippen LogP contribution in [0.3, 0.4) is 0 Å². The molecule has 0 aliphatic carbocycles. The number of carbonyl (C=O) groups excluding carboxylic acids is 1. The molecule has 3 aromatic rings. The van der Waals surface area contributed by atoms with Crippen LogP contribution >= 0.6 is 0 Å². The topological polar surface area (TPSA) is 83.7 Å². The summed E-state index contributed by atoms with van der Waals surface area (Å²) in [5, 5.41) is 3.85. The Labute approximate surface area is 203 Å². The molecule has 0 saturated carbocycles. The number of hydrogen-bond donors (Lipinski definition) is 0. The van der Waals surface area contributed by atoms with Crippen LogP contribution in [0.1, 0.15) is 35.4 Å². The third-order valence-electron chi connectivity index (χ3n) is 6.64. The number of piperidine rings is 1. The normalized spacial score (nSPS) is 18.8. The Morgan fingerprint density at radius 3 is 2.71 bits per heavy atom. The van der Waals surface area contributed by atoms with Crippen molar-refractivity contribution in [2.75, 3.05) is 24.5 Å². The van der Waals surface area contributed by atoms with E-state index >= 15 is 0 Å². The summed E-state index contributed by atoms with van der Waals surface area (Å²) in [5.74, 6) is -0.864. The fraction of sp³-hybridized carbons (Fsp3) is 0.308. The highest BCUT2D eigenvalue weighted by Gasteiger charge is 2.39. The molecule has 9 heteroatoms. The van der Waals surface area contributed by atoms with Crippen LogP contribution in [-0.4, -0.2) is 43.4 Å². The van der Waals surface area contributed by atoms with E-state index in [1.807, 2.05) is 24.3 Å². The standard InChI is InChI=1S/C26H26FN3O4S/c1-18-25(24(34-28-18)13-12-19-7-2-4-10-22(19)27)35(32,33)29-15-6-9-21(17-29)26(31)30-16-14-20-8-3-5-11-23(20)30/h2-5,7-8,10-13,21H,6,9,14-17H2,1H3/b13-12+/t21-/m0/s1. The molecule has 0 unspecified atom stereocenters. The maximum Gasteiger partial charge on any atom is 0.248 e. The van der Waals surface area contributed by atoms with Gasteiger partial charge < -0.3 is 9.42 Å². The van der Waals surface area contributed by atoms with Gasteiger partial charge in [0.1, 0.15) is 11.5 Å². The Morgan fingerprint density at radius 2 is 1.89 bits per heavy atom. The molecule has 35 heavy (non-hydrogen) atoms. The quantitative estimate of drug-likeness (QED) is 0.528. The van der Waals surface area contributed by atoms with E-state index < -0.39 is 21.8 Å². The molecule has 1 fully saturated rings. The minimum atomic E-state index is -3.98. The van der Waals surface area contributed by atoms with Crippen molar-refractivity contribution in [1.82, 2.24) is 9.46 Å². The highest BCUT2D eigenvalue weighted by atomic mass is 32.2. The number of carbonyl (C=O) groups is 1. The third kappa shape index (κ3) is 4.41. The second-order valence-electron chi connectivity index (χ2n) is 8.89. The minimum Gasteiger partial charge on any atom is -0.355 e. The van der Waals surface area contributed by atoms with Crippen LogP contribution < -0.4 is 4.90 Å². The van der Waals surface area contributed by atoms with E-state index in [0.29, 0.717) is 31.5 Å². The summed E-state index contributed by atoms with van der Waals surface area (Å²) in [4.78, 5) is 15.1. The molecular weight excluding hydrogens is 469 g/mol. The van der Waals surface area contributed by atoms with Crippen molar-refractivity contribution >= 4 is 33.8 Å². The molecule has 3 heterocycles. The Kier molecular flexibility index (Phi) is 6.29. The average Bonchev–Trinajstić information content (AvgIpc) is 3.47. The van der Waals surface area contributed by atoms with Crippen LogP contribution in [0.15, 0.2) is 57.9 Å². The van der Waals surface area contributed by atoms with Crippen LogP contribution in [-0.2, 0) is 21.2 Å². The molecule has 1 saturated heterocycles. The number of aryl methyl sites for hydroxylation is 1. The van der Waals surface area contributed by atoms with E-state index in [1.165, 1.54) is 22.5 Å². The van der Waals surface area contributed by atoms with E-state index in [1.54, 1.807) is 30.0 Å². The predicted molar refractivity (Wildman–Crippen MR) is 131 cm³/mol. The first kappa shape index (κ1) is 23.4. The van der Waals surface area contributed by atoms with Crippen LogP contribution in [0, 0.1) is 18.7 Å². The van der Waals surface area contributed by atoms with Gasteiger partial charge in [-0.3, -0.25) is 4.79 Å². The highest BCUT2D eigenvalue weighted by Crippen LogP contribution is 2.33. The van der Waals surface area contributed by atoms with Crippen LogP contribution in [0.5, 0.6) is 0 Å². The number of hydrogen-bond acceptors (Lipinski definition) is 5. The van der Waals surface area contributed by atoms with Crippen LogP contribution in [0.2, 0.25) is 0 Å². The lowest BCUT2D eigenvalue weighted by Crippen LogP contribution is -2.46. The number of anilines is 1. The fourth-order valence-electron chi connectivity index (χ4n) is 4.85. The first-order valence-electron chi connectivity index (χ1n) is 11.6. The number of nitrogens with zero attached hydrogens (tertiary/aromatic N) is 3. The number of rotatable bonds is 5. The summed E-state index contributed by atoms with van der Waals surface area (Å²) < 4.78 is 47.9. The summed E-state index contributed by atoms with van der Waals surface area (Å²) >= 11 is 0. The molecule has 0 N–H and O–H groups in total. The van der Waals surface area contributed by atoms with Gasteiger partial charge in [0.2, 0.25) is 15.9 Å². The number of para-hydroxylation sites is 1. The number of benzene rings is 2. The molecule has 7 nitrogen and oxygen atoms in total. The van der Waals surface area contributed by atoms with Gasteiger partial charge in [-0.15, -0.1) is 0 Å². The number of amides is 1. The SMILES string of the molecule is Cc1noc(/C=C/c2ccccc2F)c1S(=O)(=O)N1CCC[C@H](C(=O)N2CCc3ccccc32)C1. The summed E-state index contributed by atoms with van der Waals surface area (Å²) in [6.07, 6.45) is 4.89. The van der Waals surface area contributed by atoms with Crippen molar-refractivity contribution in [2.45, 2.75) is 31.1 Å². The van der Waals surface area contributed by atoms with E-state index in [-0.39, 0.29) is 28.8 Å². The van der Waals surface area contributed by atoms with Gasteiger partial charge >= 0.3 is 0 Å². The molecular formula is C26H26FN3O4S. The Morgan fingerprint density at radius 1 is 1.11 bits per heavy atom. The lowest BCUT2D eigenvalue weighted by Gasteiger charge is -2.33. The van der Waals surface area contributed by atoms with Crippen molar-refractivity contribution in [3.05, 3.63) is 76.9 Å². The van der Waals surface area contributed by atoms with E-state index in [9.17, 15) is 17.6 Å². The van der Waals surface area contributed by atoms with Gasteiger partial charge in [0.15, 0.2) is 10.7 Å². The van der Waals surface area contributed by atoms with Crippen LogP contribution in [0.25, 0.3) is 12.2 Å². The van der Waals surface area contributed by atoms with Gasteiger partial charge in [0.05, 0.1) is 5.92 Å². The third-order valence-corrected chi connectivity index (χ3v) is 8.66. The number of aromatic nitrogens is 1. The predicted octanol–water partition coefficient (Wildman–Crippen LogP) is 4.28. The van der Waals surface area contributed by atoms with Crippen molar-refractivity contribution < 1.29 is 22.1 Å². The number of halogens is 1. The molecule has 2 aliphatic rings. The van der Waals surface area contributed by atoms with Gasteiger partial charge in [-0.1, -0.05) is 41.6 Å². The van der Waals surface area contributed by atoms with Gasteiger partial charge in [0, 0.05) is 30.9 Å². The second kappa shape index (κ2) is 9.39. The molecule has 1 aromatic heterocycles. The summed E-state index contributed by atoms with van der Waals surface area (Å²) in [5.41, 5.74) is 2.57. The second-order valence-corrected chi connectivity index (χ2v) is 10.8. The molecule has 182 valence electrons. The molecule has 0 bridgehead atoms. The lowest BCUT2D eigenvalue weighted by atomic mass is 9.98. The van der Waals surface area contributed by atoms with Gasteiger partial charge in [-0.25, -0.2) is 12.8 Å². The van der Waals surface area contributed by atoms with Crippen molar-refractivity contribution in [1.29, 1.82) is 0 Å². The van der Waals surface area contributed by atoms with E-state index in [2.05, 4.69) is 5.16 Å². The Bertz CT molecular complexity index is 1400. The average molecular weight is 496 g/mol. The summed E-state index contributed by atoms with van der Waals surface area (Å²) in [6.45, 7) is 2.58. The largest absolute Gasteiger partial charge is 0.355 e. The molecule has 1 amide bonds. The number of fused-ring (bicyclic) bond motifs is 1. The molecule has 0 radical (unpaired) electrons. The first-order chi connectivity index (χ1) is 16.9. The zero-order valence-electron chi connectivity index (χ0n) is 19.4. The molecule has 1 atom stereocenters. The van der Waals surface area contributed by atoms with E-state index in [0.717, 1.165) is 17.7 Å². The number of sulfonamides is 1. The Hall–Kier alpha value is -3.30. The smallest absolute Gasteiger partial charge is 0.248 e. The lowest BCUT2D eigenvalue weighted by molar-refractivity contribution is -0.123. The van der Waals surface area contributed by atoms with Crippen molar-refractivity contribution in [2.24, 2.45) is 5.92 Å². The molecule has 5 rings (SSSR count). The first-order valence-corrected chi connectivity index (χ1v) is 13.1. The molecule has 0 spiro atoms. The zero-order chi connectivity index (χ0) is 24.6. The van der Waals surface area contributed by atoms with Gasteiger partial charge in [0.25, 0.3) is 0 Å². The maximum atomic E-state index is 14.0. The zero-order valence-corrected chi connectivity index (χ0v) is 20.2. The molecule has 2 aliphatic heterocycles. The minimum absolute atomic E-state index is 0.0349. The monoisotopic (exact) mass is 495 g/mol. The molecule has 2 aromatic carbocycles. The van der Waals surface area contributed by atoms with Gasteiger partial charge in [-0.05, 0) is 56.0 Å². The van der Waals surface area contributed by atoms with Crippen molar-refractivity contribution in [3.8, 4) is 0 Å². The van der Waals surface area contributed by atoms with Gasteiger partial charge in [-0.2, -0.15) is 4.31 Å². The Balaban J connectivity index is 1.38. The summed E-state index contributed by atoms with van der Waals surface area (Å²) in [7, 11) is -3.98.